The maximum absolute atomic E-state index is 13.7. The standard InChI is InChI=1S/C16H22BrFN2/c17-12-10-14(19)15(11-13(12)18)20-8-6-16(7-9-20)4-2-1-3-5-16/h10-11H,1-9,19H2. The summed E-state index contributed by atoms with van der Waals surface area (Å²) in [6, 6.07) is 3.24. The molecule has 0 unspecified atom stereocenters. The molecule has 1 aliphatic carbocycles. The summed E-state index contributed by atoms with van der Waals surface area (Å²) in [5.41, 5.74) is 8.14. The Kier molecular flexibility index (Phi) is 3.93. The Morgan fingerprint density at radius 2 is 1.70 bits per heavy atom. The van der Waals surface area contributed by atoms with Gasteiger partial charge in [-0.1, -0.05) is 19.3 Å². The molecule has 0 atom stereocenters. The summed E-state index contributed by atoms with van der Waals surface area (Å²) < 4.78 is 14.2. The number of rotatable bonds is 1. The topological polar surface area (TPSA) is 29.3 Å². The third-order valence-electron chi connectivity index (χ3n) is 5.15. The minimum absolute atomic E-state index is 0.229. The summed E-state index contributed by atoms with van der Waals surface area (Å²) in [4.78, 5) is 2.25. The van der Waals surface area contributed by atoms with Crippen molar-refractivity contribution >= 4 is 27.3 Å². The lowest BCUT2D eigenvalue weighted by Gasteiger charge is -2.45. The van der Waals surface area contributed by atoms with Gasteiger partial charge in [-0.15, -0.1) is 0 Å². The van der Waals surface area contributed by atoms with E-state index in [1.165, 1.54) is 44.9 Å². The van der Waals surface area contributed by atoms with Crippen LogP contribution in [0.25, 0.3) is 0 Å². The van der Waals surface area contributed by atoms with E-state index in [4.69, 9.17) is 5.73 Å². The van der Waals surface area contributed by atoms with Gasteiger partial charge in [0.15, 0.2) is 0 Å². The normalized spacial score (nSPS) is 22.2. The number of anilines is 2. The second-order valence-corrected chi connectivity index (χ2v) is 7.23. The first-order valence-electron chi connectivity index (χ1n) is 7.59. The molecule has 0 bridgehead atoms. The van der Waals surface area contributed by atoms with Crippen LogP contribution in [0.5, 0.6) is 0 Å². The summed E-state index contributed by atoms with van der Waals surface area (Å²) in [5.74, 6) is -0.229. The molecule has 1 saturated heterocycles. The predicted octanol–water partition coefficient (Wildman–Crippen LogP) is 4.72. The van der Waals surface area contributed by atoms with Crippen molar-refractivity contribution in [3.8, 4) is 0 Å². The van der Waals surface area contributed by atoms with Gasteiger partial charge in [-0.3, -0.25) is 0 Å². The number of nitrogens with zero attached hydrogens (tertiary/aromatic N) is 1. The summed E-state index contributed by atoms with van der Waals surface area (Å²) in [5, 5.41) is 0. The van der Waals surface area contributed by atoms with E-state index in [1.54, 1.807) is 12.1 Å². The molecule has 2 nitrogen and oxygen atoms in total. The van der Waals surface area contributed by atoms with Crippen molar-refractivity contribution in [2.45, 2.75) is 44.9 Å². The number of nitrogens with two attached hydrogens (primary N) is 1. The fourth-order valence-electron chi connectivity index (χ4n) is 3.85. The number of nitrogen functional groups attached to an aromatic ring is 1. The van der Waals surface area contributed by atoms with Gasteiger partial charge < -0.3 is 10.6 Å². The van der Waals surface area contributed by atoms with E-state index in [-0.39, 0.29) is 5.82 Å². The Morgan fingerprint density at radius 3 is 2.35 bits per heavy atom. The quantitative estimate of drug-likeness (QED) is 0.749. The monoisotopic (exact) mass is 340 g/mol. The average molecular weight is 341 g/mol. The van der Waals surface area contributed by atoms with Crippen molar-refractivity contribution in [2.24, 2.45) is 5.41 Å². The molecule has 20 heavy (non-hydrogen) atoms. The lowest BCUT2D eigenvalue weighted by molar-refractivity contribution is 0.144. The summed E-state index contributed by atoms with van der Waals surface area (Å²) in [6.45, 7) is 2.01. The third kappa shape index (κ3) is 2.67. The molecule has 1 heterocycles. The fourth-order valence-corrected chi connectivity index (χ4v) is 4.21. The summed E-state index contributed by atoms with van der Waals surface area (Å²) in [7, 11) is 0. The van der Waals surface area contributed by atoms with Crippen LogP contribution in [0.2, 0.25) is 0 Å². The molecule has 1 aromatic rings. The van der Waals surface area contributed by atoms with Crippen molar-refractivity contribution in [3.05, 3.63) is 22.4 Å². The van der Waals surface area contributed by atoms with Crippen LogP contribution in [0, 0.1) is 11.2 Å². The number of benzene rings is 1. The molecule has 2 aliphatic rings. The Bertz CT molecular complexity index is 487. The van der Waals surface area contributed by atoms with Crippen molar-refractivity contribution in [1.82, 2.24) is 0 Å². The highest BCUT2D eigenvalue weighted by Crippen LogP contribution is 2.45. The maximum Gasteiger partial charge on any atom is 0.139 e. The van der Waals surface area contributed by atoms with Crippen LogP contribution in [0.3, 0.4) is 0 Å². The number of hydrogen-bond donors (Lipinski definition) is 1. The molecule has 0 amide bonds. The summed E-state index contributed by atoms with van der Waals surface area (Å²) in [6.07, 6.45) is 9.38. The van der Waals surface area contributed by atoms with E-state index in [0.29, 0.717) is 15.6 Å². The van der Waals surface area contributed by atoms with E-state index in [1.807, 2.05) is 0 Å². The zero-order valence-corrected chi connectivity index (χ0v) is 13.4. The van der Waals surface area contributed by atoms with Crippen molar-refractivity contribution in [2.75, 3.05) is 23.7 Å². The molecule has 0 radical (unpaired) electrons. The zero-order valence-electron chi connectivity index (χ0n) is 11.8. The van der Waals surface area contributed by atoms with Gasteiger partial charge in [0.05, 0.1) is 15.8 Å². The van der Waals surface area contributed by atoms with Crippen LogP contribution in [0.15, 0.2) is 16.6 Å². The van der Waals surface area contributed by atoms with E-state index < -0.39 is 0 Å². The second kappa shape index (κ2) is 5.55. The molecule has 1 spiro atoms. The molecule has 2 fully saturated rings. The third-order valence-corrected chi connectivity index (χ3v) is 5.76. The minimum atomic E-state index is -0.229. The number of piperidine rings is 1. The molecular weight excluding hydrogens is 319 g/mol. The Morgan fingerprint density at radius 1 is 1.05 bits per heavy atom. The minimum Gasteiger partial charge on any atom is -0.397 e. The largest absolute Gasteiger partial charge is 0.397 e. The van der Waals surface area contributed by atoms with Crippen molar-refractivity contribution in [1.29, 1.82) is 0 Å². The van der Waals surface area contributed by atoms with Gasteiger partial charge in [-0.05, 0) is 53.1 Å². The van der Waals surface area contributed by atoms with Gasteiger partial charge in [-0.25, -0.2) is 4.39 Å². The van der Waals surface area contributed by atoms with Gasteiger partial charge in [-0.2, -0.15) is 0 Å². The molecule has 2 N–H and O–H groups in total. The summed E-state index contributed by atoms with van der Waals surface area (Å²) >= 11 is 3.19. The van der Waals surface area contributed by atoms with E-state index in [9.17, 15) is 4.39 Å². The second-order valence-electron chi connectivity index (χ2n) is 6.37. The van der Waals surface area contributed by atoms with Crippen molar-refractivity contribution in [3.63, 3.8) is 0 Å². The van der Waals surface area contributed by atoms with Crippen LogP contribution in [0.4, 0.5) is 15.8 Å². The van der Waals surface area contributed by atoms with Crippen LogP contribution in [0.1, 0.15) is 44.9 Å². The SMILES string of the molecule is Nc1cc(Br)c(F)cc1N1CCC2(CCCCC2)CC1. The van der Waals surface area contributed by atoms with Gasteiger partial charge in [0, 0.05) is 19.2 Å². The van der Waals surface area contributed by atoms with E-state index in [2.05, 4.69) is 20.8 Å². The van der Waals surface area contributed by atoms with E-state index >= 15 is 0 Å². The Hall–Kier alpha value is -0.770. The Labute approximate surface area is 128 Å². The van der Waals surface area contributed by atoms with Gasteiger partial charge in [0.25, 0.3) is 0 Å². The maximum atomic E-state index is 13.7. The van der Waals surface area contributed by atoms with E-state index in [0.717, 1.165) is 18.8 Å². The van der Waals surface area contributed by atoms with Gasteiger partial charge >= 0.3 is 0 Å². The Balaban J connectivity index is 1.73. The lowest BCUT2D eigenvalue weighted by atomic mass is 9.68. The molecule has 4 heteroatoms. The zero-order chi connectivity index (χ0) is 14.2. The van der Waals surface area contributed by atoms with Crippen LogP contribution in [-0.2, 0) is 0 Å². The number of hydrogen-bond acceptors (Lipinski definition) is 2. The van der Waals surface area contributed by atoms with Crippen LogP contribution < -0.4 is 10.6 Å². The first-order chi connectivity index (χ1) is 9.60. The molecular formula is C16H22BrFN2. The fraction of sp³-hybridized carbons (Fsp3) is 0.625. The van der Waals surface area contributed by atoms with Crippen LogP contribution in [-0.4, -0.2) is 13.1 Å². The first-order valence-corrected chi connectivity index (χ1v) is 8.38. The molecule has 1 aromatic carbocycles. The molecule has 3 rings (SSSR count). The number of halogens is 2. The van der Waals surface area contributed by atoms with Crippen LogP contribution >= 0.6 is 15.9 Å². The predicted molar refractivity (Wildman–Crippen MR) is 85.5 cm³/mol. The highest BCUT2D eigenvalue weighted by atomic mass is 79.9. The molecule has 1 aliphatic heterocycles. The van der Waals surface area contributed by atoms with Crippen molar-refractivity contribution < 1.29 is 4.39 Å². The van der Waals surface area contributed by atoms with Gasteiger partial charge in [0.2, 0.25) is 0 Å². The van der Waals surface area contributed by atoms with Gasteiger partial charge in [0.1, 0.15) is 5.82 Å². The molecule has 1 saturated carbocycles. The molecule has 110 valence electrons. The smallest absolute Gasteiger partial charge is 0.139 e. The molecule has 0 aromatic heterocycles. The first kappa shape index (κ1) is 14.2. The average Bonchev–Trinajstić information content (AvgIpc) is 2.45. The highest BCUT2D eigenvalue weighted by Gasteiger charge is 2.35. The highest BCUT2D eigenvalue weighted by molar-refractivity contribution is 9.10. The lowest BCUT2D eigenvalue weighted by Crippen LogP contribution is -2.41.